The third-order valence-electron chi connectivity index (χ3n) is 5.86. The number of phosphoric ester groups is 1. The van der Waals surface area contributed by atoms with E-state index in [0.717, 1.165) is 57.8 Å². The van der Waals surface area contributed by atoms with E-state index in [2.05, 4.69) is 35.8 Å². The van der Waals surface area contributed by atoms with Crippen LogP contribution in [0.5, 0.6) is 0 Å². The van der Waals surface area contributed by atoms with E-state index in [1.54, 1.807) is 0 Å². The molecule has 0 aliphatic heterocycles. The van der Waals surface area contributed by atoms with Gasteiger partial charge in [0.1, 0.15) is 12.7 Å². The van der Waals surface area contributed by atoms with Crippen molar-refractivity contribution in [3.8, 4) is 0 Å². The first-order valence-electron chi connectivity index (χ1n) is 14.8. The van der Waals surface area contributed by atoms with Gasteiger partial charge in [-0.05, 0) is 38.5 Å². The number of carbonyl (C=O) groups is 2. The number of unbranched alkanes of at least 4 members (excludes halogenated alkanes) is 9. The number of esters is 2. The number of carbonyl (C=O) groups excluding carboxylic acids is 2. The first-order valence-corrected chi connectivity index (χ1v) is 16.3. The molecule has 3 unspecified atom stereocenters. The van der Waals surface area contributed by atoms with Gasteiger partial charge < -0.3 is 24.6 Å². The Bertz CT molecular complexity index is 740. The summed E-state index contributed by atoms with van der Waals surface area (Å²) >= 11 is 0. The van der Waals surface area contributed by atoms with Crippen LogP contribution in [0.4, 0.5) is 0 Å². The number of hydrogen-bond donors (Lipinski definition) is 3. The van der Waals surface area contributed by atoms with Crippen LogP contribution in [0.2, 0.25) is 0 Å². The van der Waals surface area contributed by atoms with E-state index in [1.807, 2.05) is 6.92 Å². The van der Waals surface area contributed by atoms with Crippen molar-refractivity contribution in [2.24, 2.45) is 0 Å². The molecule has 0 rings (SSSR count). The van der Waals surface area contributed by atoms with Crippen LogP contribution < -0.4 is 0 Å². The summed E-state index contributed by atoms with van der Waals surface area (Å²) in [5.41, 5.74) is 0. The first-order chi connectivity index (χ1) is 19.2. The van der Waals surface area contributed by atoms with Crippen molar-refractivity contribution in [3.05, 3.63) is 24.3 Å². The summed E-state index contributed by atoms with van der Waals surface area (Å²) in [6, 6.07) is 0. The fraction of sp³-hybridized carbons (Fsp3) is 0.793. The van der Waals surface area contributed by atoms with Gasteiger partial charge in [0.15, 0.2) is 6.10 Å². The third kappa shape index (κ3) is 25.4. The highest BCUT2D eigenvalue weighted by atomic mass is 31.2. The molecule has 10 nitrogen and oxygen atoms in total. The summed E-state index contributed by atoms with van der Waals surface area (Å²) in [5.74, 6) is -0.975. The van der Waals surface area contributed by atoms with Crippen LogP contribution in [0.15, 0.2) is 24.3 Å². The Morgan fingerprint density at radius 1 is 0.750 bits per heavy atom. The predicted octanol–water partition coefficient (Wildman–Crippen LogP) is 5.93. The van der Waals surface area contributed by atoms with Gasteiger partial charge in [-0.25, -0.2) is 4.57 Å². The lowest BCUT2D eigenvalue weighted by atomic mass is 10.1. The SMILES string of the molecule is CCCC/C=C\C/C=C\CCCCCCCC(=O)OC(COC(=O)CCCCC)COP(=O)(O)OCC(O)CO. The molecule has 234 valence electrons. The molecule has 40 heavy (non-hydrogen) atoms. The zero-order valence-corrected chi connectivity index (χ0v) is 25.4. The highest BCUT2D eigenvalue weighted by Gasteiger charge is 2.27. The molecule has 0 saturated heterocycles. The second-order valence-corrected chi connectivity index (χ2v) is 11.2. The van der Waals surface area contributed by atoms with E-state index in [-0.39, 0.29) is 19.4 Å². The fourth-order valence-corrected chi connectivity index (χ4v) is 4.27. The van der Waals surface area contributed by atoms with E-state index >= 15 is 0 Å². The molecular weight excluding hydrogens is 539 g/mol. The molecule has 0 amide bonds. The van der Waals surface area contributed by atoms with Gasteiger partial charge in [-0.1, -0.05) is 83.1 Å². The van der Waals surface area contributed by atoms with Crippen LogP contribution in [-0.2, 0) is 32.7 Å². The van der Waals surface area contributed by atoms with Crippen molar-refractivity contribution >= 4 is 19.8 Å². The molecule has 0 aromatic rings. The lowest BCUT2D eigenvalue weighted by molar-refractivity contribution is -0.161. The zero-order chi connectivity index (χ0) is 29.9. The van der Waals surface area contributed by atoms with Gasteiger partial charge in [0.2, 0.25) is 0 Å². The van der Waals surface area contributed by atoms with Crippen molar-refractivity contribution in [1.82, 2.24) is 0 Å². The Labute approximate surface area is 240 Å². The molecule has 0 bridgehead atoms. The topological polar surface area (TPSA) is 149 Å². The average Bonchev–Trinajstić information content (AvgIpc) is 2.93. The van der Waals surface area contributed by atoms with Crippen LogP contribution in [0.1, 0.15) is 110 Å². The summed E-state index contributed by atoms with van der Waals surface area (Å²) in [7, 11) is -4.59. The number of aliphatic hydroxyl groups excluding tert-OH is 2. The molecule has 0 spiro atoms. The average molecular weight is 593 g/mol. The van der Waals surface area contributed by atoms with Crippen molar-refractivity contribution in [1.29, 1.82) is 0 Å². The van der Waals surface area contributed by atoms with Crippen LogP contribution in [-0.4, -0.2) is 65.7 Å². The molecule has 0 aromatic carbocycles. The van der Waals surface area contributed by atoms with E-state index in [9.17, 15) is 24.2 Å². The fourth-order valence-electron chi connectivity index (χ4n) is 3.48. The van der Waals surface area contributed by atoms with Gasteiger partial charge in [-0.15, -0.1) is 0 Å². The van der Waals surface area contributed by atoms with Crippen LogP contribution in [0.25, 0.3) is 0 Å². The molecule has 0 fully saturated rings. The standard InChI is InChI=1S/C29H53O10P/c1-3-5-7-8-9-10-11-12-13-14-15-16-17-19-21-29(33)39-27(24-36-28(32)20-18-6-4-2)25-38-40(34,35)37-23-26(31)22-30/h8-9,11-12,26-27,30-31H,3-7,10,13-25H2,1-2H3,(H,34,35)/b9-8-,12-11-. The number of ether oxygens (including phenoxy) is 2. The normalized spacial score (nSPS) is 14.8. The molecule has 3 N–H and O–H groups in total. The van der Waals surface area contributed by atoms with Crippen molar-refractivity contribution in [3.63, 3.8) is 0 Å². The number of rotatable bonds is 27. The van der Waals surface area contributed by atoms with Crippen molar-refractivity contribution in [2.45, 2.75) is 122 Å². The Kier molecular flexibility index (Phi) is 25.3. The lowest BCUT2D eigenvalue weighted by Gasteiger charge is -2.20. The van der Waals surface area contributed by atoms with Crippen LogP contribution >= 0.6 is 7.82 Å². The Morgan fingerprint density at radius 2 is 1.32 bits per heavy atom. The Hall–Kier alpha value is -1.55. The molecule has 3 atom stereocenters. The molecule has 0 aromatic heterocycles. The third-order valence-corrected chi connectivity index (χ3v) is 6.81. The smallest absolute Gasteiger partial charge is 0.462 e. The highest BCUT2D eigenvalue weighted by Crippen LogP contribution is 2.43. The first kappa shape index (κ1) is 38.5. The van der Waals surface area contributed by atoms with Crippen molar-refractivity contribution < 1.29 is 47.8 Å². The van der Waals surface area contributed by atoms with Crippen LogP contribution in [0, 0.1) is 0 Å². The minimum Gasteiger partial charge on any atom is -0.462 e. The molecule has 0 aliphatic carbocycles. The van der Waals surface area contributed by atoms with Gasteiger partial charge >= 0.3 is 19.8 Å². The largest absolute Gasteiger partial charge is 0.472 e. The monoisotopic (exact) mass is 592 g/mol. The zero-order valence-electron chi connectivity index (χ0n) is 24.5. The molecule has 0 heterocycles. The maximum atomic E-state index is 12.3. The second kappa shape index (κ2) is 26.4. The van der Waals surface area contributed by atoms with Crippen LogP contribution in [0.3, 0.4) is 0 Å². The van der Waals surface area contributed by atoms with Gasteiger partial charge in [0, 0.05) is 12.8 Å². The summed E-state index contributed by atoms with van der Waals surface area (Å²) in [4.78, 5) is 34.1. The molecule has 11 heteroatoms. The highest BCUT2D eigenvalue weighted by molar-refractivity contribution is 7.47. The summed E-state index contributed by atoms with van der Waals surface area (Å²) in [6.45, 7) is 2.07. The van der Waals surface area contributed by atoms with E-state index < -0.39 is 51.8 Å². The maximum Gasteiger partial charge on any atom is 0.472 e. The molecule has 0 saturated carbocycles. The Balaban J connectivity index is 4.36. The minimum absolute atomic E-state index is 0.168. The predicted molar refractivity (Wildman–Crippen MR) is 155 cm³/mol. The number of phosphoric acid groups is 1. The molecule has 0 radical (unpaired) electrons. The van der Waals surface area contributed by atoms with E-state index in [4.69, 9.17) is 19.1 Å². The van der Waals surface area contributed by atoms with Gasteiger partial charge in [0.05, 0.1) is 19.8 Å². The van der Waals surface area contributed by atoms with Gasteiger partial charge in [-0.2, -0.15) is 0 Å². The number of allylic oxidation sites excluding steroid dienone is 4. The minimum atomic E-state index is -4.59. The Morgan fingerprint density at radius 3 is 2.00 bits per heavy atom. The number of aliphatic hydroxyl groups is 2. The maximum absolute atomic E-state index is 12.3. The lowest BCUT2D eigenvalue weighted by Crippen LogP contribution is -2.29. The van der Waals surface area contributed by atoms with Gasteiger partial charge in [0.25, 0.3) is 0 Å². The van der Waals surface area contributed by atoms with E-state index in [1.165, 1.54) is 12.8 Å². The summed E-state index contributed by atoms with van der Waals surface area (Å²) in [5, 5.41) is 18.1. The number of hydrogen-bond acceptors (Lipinski definition) is 9. The van der Waals surface area contributed by atoms with E-state index in [0.29, 0.717) is 12.8 Å². The quantitative estimate of drug-likeness (QED) is 0.0453. The second-order valence-electron chi connectivity index (χ2n) is 9.78. The summed E-state index contributed by atoms with van der Waals surface area (Å²) in [6.07, 6.45) is 19.6. The van der Waals surface area contributed by atoms with Crippen molar-refractivity contribution in [2.75, 3.05) is 26.4 Å². The molecule has 0 aliphatic rings. The van der Waals surface area contributed by atoms with Gasteiger partial charge in [-0.3, -0.25) is 18.6 Å². The summed E-state index contributed by atoms with van der Waals surface area (Å²) < 4.78 is 32.0. The molecular formula is C29H53O10P.